The second-order valence-corrected chi connectivity index (χ2v) is 10.6. The normalized spacial score (nSPS) is 33.5. The number of rotatable bonds is 3. The number of aliphatic hydroxyl groups is 2. The summed E-state index contributed by atoms with van der Waals surface area (Å²) in [5.74, 6) is -1.50. The average Bonchev–Trinajstić information content (AvgIpc) is 2.80. The van der Waals surface area contributed by atoms with Gasteiger partial charge in [0.1, 0.15) is 5.75 Å². The predicted octanol–water partition coefficient (Wildman–Crippen LogP) is 1.73. The average molecular weight is 496 g/mol. The van der Waals surface area contributed by atoms with Crippen LogP contribution in [0.1, 0.15) is 86.9 Å². The zero-order valence-corrected chi connectivity index (χ0v) is 20.3. The molecule has 4 unspecified atom stereocenters. The monoisotopic (exact) mass is 495 g/mol. The van der Waals surface area contributed by atoms with Crippen LogP contribution in [0.3, 0.4) is 0 Å². The fourth-order valence-electron chi connectivity index (χ4n) is 5.97. The van der Waals surface area contributed by atoms with Gasteiger partial charge in [-0.25, -0.2) is 0 Å². The minimum atomic E-state index is -1.31. The van der Waals surface area contributed by atoms with Gasteiger partial charge in [-0.15, -0.1) is 0 Å². The van der Waals surface area contributed by atoms with E-state index in [1.807, 2.05) is 0 Å². The van der Waals surface area contributed by atoms with Crippen molar-refractivity contribution in [3.05, 3.63) is 63.2 Å². The van der Waals surface area contributed by atoms with E-state index in [-0.39, 0.29) is 52.8 Å². The van der Waals surface area contributed by atoms with Crippen molar-refractivity contribution < 1.29 is 39.2 Å². The quantitative estimate of drug-likeness (QED) is 0.397. The van der Waals surface area contributed by atoms with Crippen LogP contribution in [0.4, 0.5) is 0 Å². The molecule has 9 heteroatoms. The van der Waals surface area contributed by atoms with Gasteiger partial charge in [0.25, 0.3) is 0 Å². The molecule has 190 valence electrons. The Balaban J connectivity index is 1.65. The van der Waals surface area contributed by atoms with Gasteiger partial charge in [-0.05, 0) is 32.4 Å². The Bertz CT molecular complexity index is 1290. The number of carbonyl (C=O) groups is 3. The first-order valence-electron chi connectivity index (χ1n) is 11.9. The molecule has 9 nitrogen and oxygen atoms in total. The van der Waals surface area contributed by atoms with E-state index in [0.29, 0.717) is 17.4 Å². The Morgan fingerprint density at radius 1 is 1.17 bits per heavy atom. The molecule has 2 aromatic rings. The summed E-state index contributed by atoms with van der Waals surface area (Å²) in [6, 6.07) is 5.36. The topological polar surface area (TPSA) is 156 Å². The lowest BCUT2D eigenvalue weighted by atomic mass is 9.69. The number of aromatic hydroxyl groups is 1. The maximum atomic E-state index is 13.5. The van der Waals surface area contributed by atoms with Crippen LogP contribution in [0.2, 0.25) is 0 Å². The maximum Gasteiger partial charge on any atom is 0.198 e. The van der Waals surface area contributed by atoms with E-state index >= 15 is 0 Å². The van der Waals surface area contributed by atoms with E-state index in [1.54, 1.807) is 20.8 Å². The van der Waals surface area contributed by atoms with Crippen LogP contribution in [-0.4, -0.2) is 63.3 Å². The van der Waals surface area contributed by atoms with Gasteiger partial charge in [0, 0.05) is 53.1 Å². The summed E-state index contributed by atoms with van der Waals surface area (Å²) in [6.07, 6.45) is -1.40. The van der Waals surface area contributed by atoms with Gasteiger partial charge in [-0.1, -0.05) is 18.2 Å². The lowest BCUT2D eigenvalue weighted by Gasteiger charge is -2.47. The molecule has 0 bridgehead atoms. The van der Waals surface area contributed by atoms with E-state index in [2.05, 4.69) is 0 Å². The Labute approximate surface area is 207 Å². The lowest BCUT2D eigenvalue weighted by Crippen LogP contribution is -2.54. The van der Waals surface area contributed by atoms with Crippen molar-refractivity contribution in [2.45, 2.75) is 75.8 Å². The predicted molar refractivity (Wildman–Crippen MR) is 127 cm³/mol. The molecule has 3 aliphatic rings. The second-order valence-electron chi connectivity index (χ2n) is 10.6. The molecule has 6 atom stereocenters. The third-order valence-corrected chi connectivity index (χ3v) is 7.56. The van der Waals surface area contributed by atoms with Crippen molar-refractivity contribution in [3.63, 3.8) is 0 Å². The summed E-state index contributed by atoms with van der Waals surface area (Å²) in [4.78, 5) is 38.5. The maximum absolute atomic E-state index is 13.5. The Morgan fingerprint density at radius 3 is 2.53 bits per heavy atom. The van der Waals surface area contributed by atoms with Crippen molar-refractivity contribution in [3.8, 4) is 5.75 Å². The van der Waals surface area contributed by atoms with Crippen molar-refractivity contribution in [1.29, 1.82) is 0 Å². The van der Waals surface area contributed by atoms with Gasteiger partial charge in [-0.3, -0.25) is 14.4 Å². The van der Waals surface area contributed by atoms with Crippen molar-refractivity contribution >= 4 is 17.9 Å². The molecule has 36 heavy (non-hydrogen) atoms. The number of fused-ring (bicyclic) bond motifs is 3. The van der Waals surface area contributed by atoms with E-state index < -0.39 is 47.3 Å². The second kappa shape index (κ2) is 8.29. The number of hydrogen-bond acceptors (Lipinski definition) is 9. The Hall–Kier alpha value is -2.95. The zero-order valence-electron chi connectivity index (χ0n) is 20.3. The number of carbonyl (C=O) groups excluding carboxylic acids is 3. The highest BCUT2D eigenvalue weighted by molar-refractivity contribution is 6.31. The molecule has 2 aromatic carbocycles. The van der Waals surface area contributed by atoms with Gasteiger partial charge in [-0.2, -0.15) is 0 Å². The molecule has 2 aliphatic carbocycles. The first kappa shape index (κ1) is 24.7. The highest BCUT2D eigenvalue weighted by atomic mass is 16.7. The number of aldehydes is 1. The highest BCUT2D eigenvalue weighted by Crippen LogP contribution is 2.49. The van der Waals surface area contributed by atoms with Crippen LogP contribution < -0.4 is 5.73 Å². The van der Waals surface area contributed by atoms with E-state index in [9.17, 15) is 29.7 Å². The largest absolute Gasteiger partial charge is 0.507 e. The molecule has 0 aromatic heterocycles. The molecule has 0 spiro atoms. The minimum absolute atomic E-state index is 0.000762. The molecule has 1 saturated heterocycles. The summed E-state index contributed by atoms with van der Waals surface area (Å²) < 4.78 is 12.2. The van der Waals surface area contributed by atoms with Crippen molar-refractivity contribution in [1.82, 2.24) is 0 Å². The summed E-state index contributed by atoms with van der Waals surface area (Å²) in [5, 5.41) is 32.6. The number of aliphatic hydroxyl groups excluding tert-OH is 1. The van der Waals surface area contributed by atoms with E-state index in [1.165, 1.54) is 24.3 Å². The zero-order chi connectivity index (χ0) is 26.2. The molecule has 1 aliphatic heterocycles. The first-order valence-corrected chi connectivity index (χ1v) is 11.9. The molecule has 0 radical (unpaired) electrons. The van der Waals surface area contributed by atoms with Crippen LogP contribution in [0.25, 0.3) is 0 Å². The number of hydrogen-bond donors (Lipinski definition) is 4. The van der Waals surface area contributed by atoms with Gasteiger partial charge >= 0.3 is 0 Å². The first-order chi connectivity index (χ1) is 16.9. The lowest BCUT2D eigenvalue weighted by molar-refractivity contribution is -0.273. The summed E-state index contributed by atoms with van der Waals surface area (Å²) in [7, 11) is 0. The molecule has 5 N–H and O–H groups in total. The van der Waals surface area contributed by atoms with E-state index in [4.69, 9.17) is 15.2 Å². The smallest absolute Gasteiger partial charge is 0.198 e. The fraction of sp³-hybridized carbons (Fsp3) is 0.444. The van der Waals surface area contributed by atoms with Crippen LogP contribution >= 0.6 is 0 Å². The fourth-order valence-corrected chi connectivity index (χ4v) is 5.97. The SMILES string of the molecule is CC1OC(O[C@@]2(C)C[C@@](C)(O)Cc3c2cc2c(c3O)C(=O)c3cccc(C=O)c3C2=O)CC(N)C1O. The van der Waals surface area contributed by atoms with Crippen LogP contribution in [0.5, 0.6) is 5.75 Å². The third kappa shape index (κ3) is 3.70. The minimum Gasteiger partial charge on any atom is -0.507 e. The Kier molecular flexibility index (Phi) is 5.70. The number of nitrogens with two attached hydrogens (primary N) is 1. The number of phenolic OH excluding ortho intramolecular Hbond substituents is 1. The van der Waals surface area contributed by atoms with Gasteiger partial charge in [0.05, 0.1) is 29.0 Å². The summed E-state index contributed by atoms with van der Waals surface area (Å²) in [6.45, 7) is 5.01. The Morgan fingerprint density at radius 2 is 1.86 bits per heavy atom. The van der Waals surface area contributed by atoms with Gasteiger partial charge in [0.2, 0.25) is 0 Å². The molecule has 0 amide bonds. The number of ketones is 2. The molecule has 1 fully saturated rings. The van der Waals surface area contributed by atoms with Gasteiger partial charge in [0.15, 0.2) is 24.1 Å². The molecular formula is C27H29NO8. The summed E-state index contributed by atoms with van der Waals surface area (Å²) in [5.41, 5.74) is 4.23. The molecule has 0 saturated carbocycles. The molecular weight excluding hydrogens is 466 g/mol. The van der Waals surface area contributed by atoms with Crippen LogP contribution in [0.15, 0.2) is 24.3 Å². The van der Waals surface area contributed by atoms with Crippen LogP contribution in [-0.2, 0) is 21.5 Å². The standard InChI is InChI=1S/C27H29NO8/c1-12-22(30)18(28)8-19(35-12)36-27(3)11-26(2,34)9-16-17(27)7-15-21(25(16)33)23(31)14-6-4-5-13(10-29)20(14)24(15)32/h4-7,10,12,18-19,22,30,33-34H,8-9,11,28H2,1-3H3/t12?,18?,19?,22?,26-,27-/m0/s1. The number of benzene rings is 2. The summed E-state index contributed by atoms with van der Waals surface area (Å²) >= 11 is 0. The van der Waals surface area contributed by atoms with Crippen molar-refractivity contribution in [2.24, 2.45) is 5.73 Å². The van der Waals surface area contributed by atoms with Crippen LogP contribution in [0, 0.1) is 0 Å². The molecule has 5 rings (SSSR count). The third-order valence-electron chi connectivity index (χ3n) is 7.56. The number of phenols is 1. The van der Waals surface area contributed by atoms with E-state index in [0.717, 1.165) is 0 Å². The van der Waals surface area contributed by atoms with Gasteiger partial charge < -0.3 is 30.5 Å². The highest BCUT2D eigenvalue weighted by Gasteiger charge is 2.49. The number of ether oxygens (including phenoxy) is 2. The van der Waals surface area contributed by atoms with Crippen molar-refractivity contribution in [2.75, 3.05) is 0 Å². The molecule has 1 heterocycles.